The van der Waals surface area contributed by atoms with E-state index < -0.39 is 0 Å². The molecule has 5 heteroatoms. The van der Waals surface area contributed by atoms with E-state index in [0.29, 0.717) is 5.69 Å². The maximum absolute atomic E-state index is 11.1. The first-order chi connectivity index (χ1) is 6.77. The standard InChI is InChI=1S/C9H14N2O2S/c1-3-4-14-6-8-10-5-7(11-8)9(12)13-2/h5H,3-4,6H2,1-2H3,(H,10,11). The number of nitrogens with zero attached hydrogens (tertiary/aromatic N) is 1. The van der Waals surface area contributed by atoms with Crippen LogP contribution in [0.4, 0.5) is 0 Å². The molecule has 0 aliphatic rings. The molecule has 14 heavy (non-hydrogen) atoms. The number of ether oxygens (including phenoxy) is 1. The number of imidazole rings is 1. The minimum absolute atomic E-state index is 0.371. The van der Waals surface area contributed by atoms with Gasteiger partial charge in [0.05, 0.1) is 19.1 Å². The molecule has 0 saturated carbocycles. The lowest BCUT2D eigenvalue weighted by molar-refractivity contribution is 0.0594. The number of thioether (sulfide) groups is 1. The van der Waals surface area contributed by atoms with Gasteiger partial charge < -0.3 is 9.72 Å². The summed E-state index contributed by atoms with van der Waals surface area (Å²) in [5.74, 6) is 2.37. The molecule has 0 fully saturated rings. The number of H-pyrrole nitrogens is 1. The third-order valence-electron chi connectivity index (χ3n) is 1.62. The molecular formula is C9H14N2O2S. The highest BCUT2D eigenvalue weighted by atomic mass is 32.2. The molecule has 1 aromatic rings. The lowest BCUT2D eigenvalue weighted by Gasteiger charge is -1.95. The van der Waals surface area contributed by atoms with Crippen LogP contribution in [0.3, 0.4) is 0 Å². The first-order valence-corrected chi connectivity index (χ1v) is 5.63. The Bertz CT molecular complexity index is 299. The molecule has 0 aliphatic heterocycles. The van der Waals surface area contributed by atoms with Crippen LogP contribution >= 0.6 is 11.8 Å². The number of hydrogen-bond acceptors (Lipinski definition) is 4. The van der Waals surface area contributed by atoms with Crippen molar-refractivity contribution < 1.29 is 9.53 Å². The van der Waals surface area contributed by atoms with Crippen molar-refractivity contribution in [1.82, 2.24) is 9.97 Å². The van der Waals surface area contributed by atoms with E-state index >= 15 is 0 Å². The van der Waals surface area contributed by atoms with E-state index in [1.807, 2.05) is 0 Å². The SMILES string of the molecule is CCCSCc1ncc(C(=O)OC)[nH]1. The van der Waals surface area contributed by atoms with Crippen molar-refractivity contribution in [3.63, 3.8) is 0 Å². The van der Waals surface area contributed by atoms with Crippen LogP contribution in [0.2, 0.25) is 0 Å². The third kappa shape index (κ3) is 3.06. The Labute approximate surface area is 87.4 Å². The molecule has 0 unspecified atom stereocenters. The summed E-state index contributed by atoms with van der Waals surface area (Å²) >= 11 is 1.79. The number of aromatic nitrogens is 2. The fourth-order valence-corrected chi connectivity index (χ4v) is 1.74. The predicted molar refractivity (Wildman–Crippen MR) is 56.4 cm³/mol. The second-order valence-corrected chi connectivity index (χ2v) is 3.89. The van der Waals surface area contributed by atoms with Gasteiger partial charge in [-0.05, 0) is 12.2 Å². The predicted octanol–water partition coefficient (Wildman–Crippen LogP) is 1.84. The van der Waals surface area contributed by atoms with Crippen molar-refractivity contribution in [1.29, 1.82) is 0 Å². The normalized spacial score (nSPS) is 10.1. The van der Waals surface area contributed by atoms with E-state index in [2.05, 4.69) is 21.6 Å². The molecule has 1 rings (SSSR count). The summed E-state index contributed by atoms with van der Waals surface area (Å²) < 4.78 is 4.56. The van der Waals surface area contributed by atoms with E-state index in [1.165, 1.54) is 13.3 Å². The maximum Gasteiger partial charge on any atom is 0.356 e. The zero-order valence-corrected chi connectivity index (χ0v) is 9.19. The molecular weight excluding hydrogens is 200 g/mol. The Morgan fingerprint density at radius 2 is 2.50 bits per heavy atom. The number of methoxy groups -OCH3 is 1. The second kappa shape index (κ2) is 5.70. The number of carbonyl (C=O) groups is 1. The summed E-state index contributed by atoms with van der Waals surface area (Å²) in [4.78, 5) is 18.1. The van der Waals surface area contributed by atoms with Gasteiger partial charge in [-0.15, -0.1) is 0 Å². The van der Waals surface area contributed by atoms with Gasteiger partial charge in [-0.3, -0.25) is 0 Å². The molecule has 1 N–H and O–H groups in total. The van der Waals surface area contributed by atoms with Crippen molar-refractivity contribution in [2.75, 3.05) is 12.9 Å². The van der Waals surface area contributed by atoms with Crippen LogP contribution in [0.5, 0.6) is 0 Å². The van der Waals surface area contributed by atoms with E-state index in [4.69, 9.17) is 0 Å². The molecule has 0 aromatic carbocycles. The highest BCUT2D eigenvalue weighted by Gasteiger charge is 2.08. The number of hydrogen-bond donors (Lipinski definition) is 1. The number of esters is 1. The van der Waals surface area contributed by atoms with Gasteiger partial charge in [0, 0.05) is 0 Å². The molecule has 0 saturated heterocycles. The Hall–Kier alpha value is -0.970. The molecule has 4 nitrogen and oxygen atoms in total. The van der Waals surface area contributed by atoms with Crippen LogP contribution in [0, 0.1) is 0 Å². The molecule has 0 spiro atoms. The summed E-state index contributed by atoms with van der Waals surface area (Å²) in [7, 11) is 1.36. The number of rotatable bonds is 5. The molecule has 0 amide bonds. The Morgan fingerprint density at radius 1 is 1.71 bits per heavy atom. The molecule has 1 heterocycles. The van der Waals surface area contributed by atoms with Gasteiger partial charge >= 0.3 is 5.97 Å². The summed E-state index contributed by atoms with van der Waals surface area (Å²) in [5, 5.41) is 0. The van der Waals surface area contributed by atoms with Gasteiger partial charge in [-0.25, -0.2) is 9.78 Å². The van der Waals surface area contributed by atoms with Crippen LogP contribution in [-0.2, 0) is 10.5 Å². The van der Waals surface area contributed by atoms with E-state index in [0.717, 1.165) is 23.8 Å². The van der Waals surface area contributed by atoms with Gasteiger partial charge in [0.15, 0.2) is 0 Å². The first-order valence-electron chi connectivity index (χ1n) is 4.47. The summed E-state index contributed by atoms with van der Waals surface area (Å²) in [6.45, 7) is 2.13. The number of aromatic amines is 1. The van der Waals surface area contributed by atoms with Crippen molar-refractivity contribution in [2.24, 2.45) is 0 Å². The van der Waals surface area contributed by atoms with Gasteiger partial charge in [0.1, 0.15) is 11.5 Å². The monoisotopic (exact) mass is 214 g/mol. The lowest BCUT2D eigenvalue weighted by atomic mass is 10.5. The zero-order valence-electron chi connectivity index (χ0n) is 8.37. The fourth-order valence-electron chi connectivity index (χ4n) is 0.963. The quantitative estimate of drug-likeness (QED) is 0.600. The van der Waals surface area contributed by atoms with Crippen molar-refractivity contribution >= 4 is 17.7 Å². The minimum Gasteiger partial charge on any atom is -0.464 e. The first kappa shape index (κ1) is 11.1. The van der Waals surface area contributed by atoms with Crippen LogP contribution in [0.1, 0.15) is 29.7 Å². The molecule has 0 atom stereocenters. The largest absolute Gasteiger partial charge is 0.464 e. The highest BCUT2D eigenvalue weighted by molar-refractivity contribution is 7.98. The average Bonchev–Trinajstić information content (AvgIpc) is 2.66. The van der Waals surface area contributed by atoms with Crippen molar-refractivity contribution in [3.8, 4) is 0 Å². The maximum atomic E-state index is 11.1. The Balaban J connectivity index is 2.46. The summed E-state index contributed by atoms with van der Waals surface area (Å²) in [6.07, 6.45) is 2.66. The van der Waals surface area contributed by atoms with Crippen LogP contribution < -0.4 is 0 Å². The van der Waals surface area contributed by atoms with E-state index in [-0.39, 0.29) is 5.97 Å². The van der Waals surface area contributed by atoms with Crippen LogP contribution in [0.15, 0.2) is 6.20 Å². The molecule has 0 radical (unpaired) electrons. The van der Waals surface area contributed by atoms with Gasteiger partial charge in [-0.2, -0.15) is 11.8 Å². The van der Waals surface area contributed by atoms with Gasteiger partial charge in [-0.1, -0.05) is 6.92 Å². The molecule has 0 bridgehead atoms. The van der Waals surface area contributed by atoms with Crippen molar-refractivity contribution in [2.45, 2.75) is 19.1 Å². The third-order valence-corrected chi connectivity index (χ3v) is 2.80. The minimum atomic E-state index is -0.371. The topological polar surface area (TPSA) is 55.0 Å². The molecule has 78 valence electrons. The summed E-state index contributed by atoms with van der Waals surface area (Å²) in [6, 6.07) is 0. The molecule has 1 aromatic heterocycles. The van der Waals surface area contributed by atoms with Crippen molar-refractivity contribution in [3.05, 3.63) is 17.7 Å². The molecule has 0 aliphatic carbocycles. The van der Waals surface area contributed by atoms with E-state index in [9.17, 15) is 4.79 Å². The second-order valence-electron chi connectivity index (χ2n) is 2.79. The zero-order chi connectivity index (χ0) is 10.4. The van der Waals surface area contributed by atoms with Crippen LogP contribution in [-0.4, -0.2) is 28.8 Å². The Morgan fingerprint density at radius 3 is 3.14 bits per heavy atom. The van der Waals surface area contributed by atoms with Crippen LogP contribution in [0.25, 0.3) is 0 Å². The number of carbonyl (C=O) groups excluding carboxylic acids is 1. The van der Waals surface area contributed by atoms with Gasteiger partial charge in [0.2, 0.25) is 0 Å². The summed E-state index contributed by atoms with van der Waals surface area (Å²) in [5.41, 5.74) is 0.416. The lowest BCUT2D eigenvalue weighted by Crippen LogP contribution is -2.01. The highest BCUT2D eigenvalue weighted by Crippen LogP contribution is 2.10. The average molecular weight is 214 g/mol. The fraction of sp³-hybridized carbons (Fsp3) is 0.556. The smallest absolute Gasteiger partial charge is 0.356 e. The van der Waals surface area contributed by atoms with Gasteiger partial charge in [0.25, 0.3) is 0 Å². The van der Waals surface area contributed by atoms with E-state index in [1.54, 1.807) is 11.8 Å². The Kier molecular flexibility index (Phi) is 4.52. The number of nitrogens with one attached hydrogen (secondary N) is 1.